The molecule has 0 saturated heterocycles. The molecule has 0 atom stereocenters. The maximum atomic E-state index is 8.63. The van der Waals surface area contributed by atoms with E-state index < -0.39 is 0 Å². The summed E-state index contributed by atoms with van der Waals surface area (Å²) in [5, 5.41) is 18.5. The van der Waals surface area contributed by atoms with E-state index >= 15 is 0 Å². The van der Waals surface area contributed by atoms with Gasteiger partial charge in [0.25, 0.3) is 0 Å². The van der Waals surface area contributed by atoms with Crippen LogP contribution >= 0.6 is 0 Å². The maximum Gasteiger partial charge on any atom is 0.195 e. The van der Waals surface area contributed by atoms with Gasteiger partial charge in [-0.25, -0.2) is 0 Å². The SMILES string of the molecule is [BaH2].[O-][NH+]=NO. The van der Waals surface area contributed by atoms with Gasteiger partial charge in [0, 0.05) is 0 Å². The molecule has 0 saturated carbocycles. The molecule has 0 aliphatic rings. The third kappa shape index (κ3) is 11.7. The summed E-state index contributed by atoms with van der Waals surface area (Å²) in [5.41, 5.74) is 0. The standard InChI is InChI=1S/Ba.H2N2O2.2H/c;3-1-2-4;;/h;1H,(H-,2,3,4);;. The minimum absolute atomic E-state index is 0. The van der Waals surface area contributed by atoms with Crippen molar-refractivity contribution < 1.29 is 10.5 Å². The molecule has 0 rings (SSSR count). The number of hydrogen-bond donors (Lipinski definition) is 2. The summed E-state index contributed by atoms with van der Waals surface area (Å²) in [6.07, 6.45) is 0. The van der Waals surface area contributed by atoms with E-state index in [0.717, 1.165) is 5.28 Å². The van der Waals surface area contributed by atoms with Crippen molar-refractivity contribution >= 4 is 48.9 Å². The van der Waals surface area contributed by atoms with Crippen molar-refractivity contribution in [1.29, 1.82) is 0 Å². The van der Waals surface area contributed by atoms with Crippen LogP contribution in [-0.4, -0.2) is 54.1 Å². The Balaban J connectivity index is 0. The largest absolute Gasteiger partial charge is 0.599 e. The summed E-state index contributed by atoms with van der Waals surface area (Å²) in [6.45, 7) is 0. The Bertz CT molecular complexity index is 22.8. The normalized spacial score (nSPS) is 7.20. The zero-order chi connectivity index (χ0) is 3.41. The van der Waals surface area contributed by atoms with Crippen LogP contribution < -0.4 is 5.28 Å². The van der Waals surface area contributed by atoms with Gasteiger partial charge in [-0.3, -0.25) is 0 Å². The quantitative estimate of drug-likeness (QED) is 0.258. The van der Waals surface area contributed by atoms with Crippen molar-refractivity contribution in [3.8, 4) is 0 Å². The molecule has 0 aromatic heterocycles. The smallest absolute Gasteiger partial charge is 0.195 e. The molecule has 0 spiro atoms. The van der Waals surface area contributed by atoms with E-state index in [9.17, 15) is 0 Å². The van der Waals surface area contributed by atoms with Crippen LogP contribution in [0.5, 0.6) is 0 Å². The van der Waals surface area contributed by atoms with Crippen LogP contribution in [0.4, 0.5) is 0 Å². The molecule has 0 radical (unpaired) electrons. The predicted molar refractivity (Wildman–Crippen MR) is 17.1 cm³/mol. The second kappa shape index (κ2) is 8.84. The minimum Gasteiger partial charge on any atom is -0.599 e. The minimum atomic E-state index is 0. The van der Waals surface area contributed by atoms with Gasteiger partial charge in [-0.2, -0.15) is 0 Å². The van der Waals surface area contributed by atoms with E-state index in [1.807, 2.05) is 5.28 Å². The fourth-order valence-corrected chi connectivity index (χ4v) is 0. The topological polar surface area (TPSA) is 69.6 Å². The summed E-state index contributed by atoms with van der Waals surface area (Å²) >= 11 is 0. The van der Waals surface area contributed by atoms with Gasteiger partial charge in [0.1, 0.15) is 0 Å². The van der Waals surface area contributed by atoms with Gasteiger partial charge in [0.2, 0.25) is 0 Å². The van der Waals surface area contributed by atoms with Gasteiger partial charge in [0.15, 0.2) is 5.28 Å². The third-order valence-corrected chi connectivity index (χ3v) is 0.0408. The fraction of sp³-hybridized carbons (Fsp3) is 0. The average Bonchev–Trinajstić information content (AvgIpc) is 1.37. The zero-order valence-corrected chi connectivity index (χ0v) is 1.80. The van der Waals surface area contributed by atoms with Crippen molar-refractivity contribution in [2.75, 3.05) is 0 Å². The maximum absolute atomic E-state index is 8.63. The molecule has 5 heavy (non-hydrogen) atoms. The monoisotopic (exact) mass is 202 g/mol. The number of nitrogens with zero attached hydrogens (tertiary/aromatic N) is 1. The molecular weight excluding hydrogens is 197 g/mol. The van der Waals surface area contributed by atoms with E-state index in [0.29, 0.717) is 0 Å². The van der Waals surface area contributed by atoms with E-state index in [1.165, 1.54) is 0 Å². The molecule has 5 heteroatoms. The van der Waals surface area contributed by atoms with Crippen LogP contribution in [-0.2, 0) is 0 Å². The average molecular weight is 201 g/mol. The number of hydrogen-bond acceptors (Lipinski definition) is 2. The predicted octanol–water partition coefficient (Wildman–Crippen LogP) is -2.51. The summed E-state index contributed by atoms with van der Waals surface area (Å²) in [7, 11) is 0. The van der Waals surface area contributed by atoms with E-state index in [1.54, 1.807) is 0 Å². The van der Waals surface area contributed by atoms with Crippen molar-refractivity contribution in [3.63, 3.8) is 0 Å². The molecule has 4 nitrogen and oxygen atoms in total. The molecule has 0 aromatic rings. The molecule has 0 heterocycles. The molecule has 2 N–H and O–H groups in total. The first kappa shape index (κ1) is 9.24. The van der Waals surface area contributed by atoms with Gasteiger partial charge in [0.05, 0.1) is 0 Å². The number of rotatable bonds is 0. The Morgan fingerprint density at radius 1 is 1.80 bits per heavy atom. The summed E-state index contributed by atoms with van der Waals surface area (Å²) in [4.78, 5) is 0. The van der Waals surface area contributed by atoms with E-state index in [4.69, 9.17) is 10.4 Å². The Kier molecular flexibility index (Phi) is 16.3. The molecule has 0 aliphatic carbocycles. The summed E-state index contributed by atoms with van der Waals surface area (Å²) in [5.74, 6) is 0. The summed E-state index contributed by atoms with van der Waals surface area (Å²) < 4.78 is 0. The van der Waals surface area contributed by atoms with Crippen LogP contribution in [0, 0.1) is 5.21 Å². The zero-order valence-electron chi connectivity index (χ0n) is 1.80. The molecule has 0 amide bonds. The van der Waals surface area contributed by atoms with Gasteiger partial charge in [-0.05, 0) is 0 Å². The molecule has 0 unspecified atom stereocenters. The van der Waals surface area contributed by atoms with E-state index in [-0.39, 0.29) is 48.9 Å². The summed E-state index contributed by atoms with van der Waals surface area (Å²) in [6, 6.07) is 0. The molecule has 28 valence electrons. The van der Waals surface area contributed by atoms with Crippen LogP contribution in [0.25, 0.3) is 0 Å². The first-order valence-corrected chi connectivity index (χ1v) is 0.628. The Hall–Kier alpha value is 0.771. The Labute approximate surface area is 68.9 Å². The molecule has 0 aliphatic heterocycles. The van der Waals surface area contributed by atoms with Gasteiger partial charge in [-0.1, -0.05) is 5.28 Å². The second-order valence-corrected chi connectivity index (χ2v) is 0.191. The van der Waals surface area contributed by atoms with Gasteiger partial charge in [-0.15, -0.1) is 0 Å². The Morgan fingerprint density at radius 2 is 2.00 bits per heavy atom. The van der Waals surface area contributed by atoms with Crippen molar-refractivity contribution in [3.05, 3.63) is 5.21 Å². The van der Waals surface area contributed by atoms with Crippen LogP contribution in [0.1, 0.15) is 0 Å². The molecule has 0 aromatic carbocycles. The molecular formula is H4BaN2O2. The Morgan fingerprint density at radius 3 is 2.00 bits per heavy atom. The van der Waals surface area contributed by atoms with Crippen molar-refractivity contribution in [1.82, 2.24) is 0 Å². The second-order valence-electron chi connectivity index (χ2n) is 0.191. The van der Waals surface area contributed by atoms with Crippen LogP contribution in [0.15, 0.2) is 5.28 Å². The fourth-order valence-electron chi connectivity index (χ4n) is 0. The first-order valence-electron chi connectivity index (χ1n) is 0.628. The first-order chi connectivity index (χ1) is 1.91. The molecule has 0 bridgehead atoms. The van der Waals surface area contributed by atoms with Crippen molar-refractivity contribution in [2.24, 2.45) is 5.28 Å². The number of nitrogens with one attached hydrogen (secondary N) is 1. The van der Waals surface area contributed by atoms with Gasteiger partial charge >= 0.3 is 48.9 Å². The van der Waals surface area contributed by atoms with Crippen molar-refractivity contribution in [2.45, 2.75) is 0 Å². The molecule has 0 fully saturated rings. The van der Waals surface area contributed by atoms with Crippen LogP contribution in [0.3, 0.4) is 0 Å². The van der Waals surface area contributed by atoms with E-state index in [2.05, 4.69) is 0 Å². The van der Waals surface area contributed by atoms with Gasteiger partial charge < -0.3 is 10.4 Å². The van der Waals surface area contributed by atoms with Crippen LogP contribution in [0.2, 0.25) is 0 Å². The third-order valence-electron chi connectivity index (χ3n) is 0.0408.